The largest absolute Gasteiger partial charge is 0.349 e. The van der Waals surface area contributed by atoms with E-state index in [9.17, 15) is 9.59 Å². The van der Waals surface area contributed by atoms with Gasteiger partial charge in [0.05, 0.1) is 0 Å². The summed E-state index contributed by atoms with van der Waals surface area (Å²) in [7, 11) is 1.74. The molecule has 0 radical (unpaired) electrons. The molecule has 0 aliphatic heterocycles. The fraction of sp³-hybridized carbons (Fsp3) is 0.300. The number of carbonyl (C=O) groups is 2. The molecule has 3 rings (SSSR count). The molecule has 1 aliphatic rings. The van der Waals surface area contributed by atoms with Crippen molar-refractivity contribution in [1.29, 1.82) is 0 Å². The summed E-state index contributed by atoms with van der Waals surface area (Å²) in [6.45, 7) is 0. The van der Waals surface area contributed by atoms with Crippen molar-refractivity contribution >= 4 is 17.5 Å². The van der Waals surface area contributed by atoms with Crippen molar-refractivity contribution in [1.82, 2.24) is 5.32 Å². The van der Waals surface area contributed by atoms with Crippen LogP contribution in [-0.2, 0) is 0 Å². The number of hydrogen-bond acceptors (Lipinski definition) is 2. The maximum Gasteiger partial charge on any atom is 0.258 e. The van der Waals surface area contributed by atoms with Crippen LogP contribution in [0.4, 0.5) is 5.69 Å². The molecule has 1 saturated carbocycles. The summed E-state index contributed by atoms with van der Waals surface area (Å²) >= 11 is 0. The van der Waals surface area contributed by atoms with Crippen molar-refractivity contribution in [2.45, 2.75) is 31.7 Å². The van der Waals surface area contributed by atoms with Crippen molar-refractivity contribution in [2.24, 2.45) is 0 Å². The van der Waals surface area contributed by atoms with E-state index in [1.807, 2.05) is 30.3 Å². The van der Waals surface area contributed by atoms with Crippen molar-refractivity contribution in [3.63, 3.8) is 0 Å². The highest BCUT2D eigenvalue weighted by molar-refractivity contribution is 6.07. The van der Waals surface area contributed by atoms with E-state index in [0.29, 0.717) is 11.1 Å². The zero-order valence-corrected chi connectivity index (χ0v) is 13.9. The van der Waals surface area contributed by atoms with Gasteiger partial charge in [-0.3, -0.25) is 9.59 Å². The Kier molecular flexibility index (Phi) is 4.94. The Labute approximate surface area is 142 Å². The highest BCUT2D eigenvalue weighted by Crippen LogP contribution is 2.19. The van der Waals surface area contributed by atoms with E-state index in [-0.39, 0.29) is 17.9 Å². The summed E-state index contributed by atoms with van der Waals surface area (Å²) in [4.78, 5) is 26.6. The molecule has 0 bridgehead atoms. The lowest BCUT2D eigenvalue weighted by Gasteiger charge is -2.18. The second-order valence-corrected chi connectivity index (χ2v) is 6.24. The van der Waals surface area contributed by atoms with Crippen molar-refractivity contribution in [3.05, 3.63) is 65.7 Å². The van der Waals surface area contributed by atoms with Crippen LogP contribution in [0.2, 0.25) is 0 Å². The quantitative estimate of drug-likeness (QED) is 0.934. The SMILES string of the molecule is CN(C(=O)c1cccc(C(=O)NC2CCCC2)c1)c1ccccc1. The second-order valence-electron chi connectivity index (χ2n) is 6.24. The van der Waals surface area contributed by atoms with Crippen molar-refractivity contribution in [3.8, 4) is 0 Å². The van der Waals surface area contributed by atoms with Crippen LogP contribution in [0.5, 0.6) is 0 Å². The molecule has 4 nitrogen and oxygen atoms in total. The Bertz CT molecular complexity index is 721. The molecule has 2 aromatic carbocycles. The normalized spacial score (nSPS) is 14.4. The lowest BCUT2D eigenvalue weighted by Crippen LogP contribution is -2.33. The molecular formula is C20H22N2O2. The third kappa shape index (κ3) is 3.65. The minimum absolute atomic E-state index is 0.0982. The van der Waals surface area contributed by atoms with Crippen LogP contribution in [0.25, 0.3) is 0 Å². The molecule has 2 aromatic rings. The first kappa shape index (κ1) is 16.2. The van der Waals surface area contributed by atoms with Gasteiger partial charge in [0.15, 0.2) is 0 Å². The molecule has 1 fully saturated rings. The molecule has 4 heteroatoms. The predicted octanol–water partition coefficient (Wildman–Crippen LogP) is 3.64. The van der Waals surface area contributed by atoms with E-state index >= 15 is 0 Å². The van der Waals surface area contributed by atoms with Gasteiger partial charge < -0.3 is 10.2 Å². The highest BCUT2D eigenvalue weighted by atomic mass is 16.2. The van der Waals surface area contributed by atoms with Gasteiger partial charge in [0.1, 0.15) is 0 Å². The maximum atomic E-state index is 12.7. The van der Waals surface area contributed by atoms with Gasteiger partial charge in [0.2, 0.25) is 0 Å². The van der Waals surface area contributed by atoms with Gasteiger partial charge in [-0.15, -0.1) is 0 Å². The van der Waals surface area contributed by atoms with Gasteiger partial charge in [0.25, 0.3) is 11.8 Å². The number of benzene rings is 2. The molecule has 0 heterocycles. The van der Waals surface area contributed by atoms with E-state index < -0.39 is 0 Å². The number of rotatable bonds is 4. The third-order valence-corrected chi connectivity index (χ3v) is 4.51. The minimum Gasteiger partial charge on any atom is -0.349 e. The number of hydrogen-bond donors (Lipinski definition) is 1. The molecule has 1 aliphatic carbocycles. The monoisotopic (exact) mass is 322 g/mol. The summed E-state index contributed by atoms with van der Waals surface area (Å²) in [5.74, 6) is -0.226. The van der Waals surface area contributed by atoms with E-state index in [2.05, 4.69) is 5.32 Å². The van der Waals surface area contributed by atoms with Crippen LogP contribution in [0, 0.1) is 0 Å². The first-order valence-corrected chi connectivity index (χ1v) is 8.39. The third-order valence-electron chi connectivity index (χ3n) is 4.51. The number of para-hydroxylation sites is 1. The molecule has 1 N–H and O–H groups in total. The van der Waals surface area contributed by atoms with Gasteiger partial charge in [-0.25, -0.2) is 0 Å². The van der Waals surface area contributed by atoms with Crippen LogP contribution < -0.4 is 10.2 Å². The van der Waals surface area contributed by atoms with Gasteiger partial charge in [-0.1, -0.05) is 37.1 Å². The molecule has 0 saturated heterocycles. The fourth-order valence-electron chi connectivity index (χ4n) is 3.09. The topological polar surface area (TPSA) is 49.4 Å². The van der Waals surface area contributed by atoms with Gasteiger partial charge in [-0.2, -0.15) is 0 Å². The number of nitrogens with zero attached hydrogens (tertiary/aromatic N) is 1. The Balaban J connectivity index is 1.74. The van der Waals surface area contributed by atoms with Crippen molar-refractivity contribution < 1.29 is 9.59 Å². The standard InChI is InChI=1S/C20H22N2O2/c1-22(18-12-3-2-4-13-18)20(24)16-9-7-8-15(14-16)19(23)21-17-10-5-6-11-17/h2-4,7-9,12-14,17H,5-6,10-11H2,1H3,(H,21,23). The molecule has 0 aromatic heterocycles. The predicted molar refractivity (Wildman–Crippen MR) is 95.3 cm³/mol. The Morgan fingerprint density at radius 3 is 2.33 bits per heavy atom. The maximum absolute atomic E-state index is 12.7. The number of carbonyl (C=O) groups excluding carboxylic acids is 2. The molecule has 0 atom stereocenters. The zero-order valence-electron chi connectivity index (χ0n) is 13.9. The van der Waals surface area contributed by atoms with Gasteiger partial charge in [-0.05, 0) is 43.2 Å². The van der Waals surface area contributed by atoms with Crippen LogP contribution in [0.15, 0.2) is 54.6 Å². The lowest BCUT2D eigenvalue weighted by atomic mass is 10.1. The van der Waals surface area contributed by atoms with E-state index in [0.717, 1.165) is 18.5 Å². The van der Waals surface area contributed by atoms with E-state index in [1.165, 1.54) is 12.8 Å². The summed E-state index contributed by atoms with van der Waals surface area (Å²) in [6.07, 6.45) is 4.43. The van der Waals surface area contributed by atoms with Crippen LogP contribution in [0.1, 0.15) is 46.4 Å². The molecule has 2 amide bonds. The molecule has 124 valence electrons. The molecular weight excluding hydrogens is 300 g/mol. The first-order chi connectivity index (χ1) is 11.6. The summed E-state index contributed by atoms with van der Waals surface area (Å²) < 4.78 is 0. The zero-order chi connectivity index (χ0) is 16.9. The van der Waals surface area contributed by atoms with Crippen molar-refractivity contribution in [2.75, 3.05) is 11.9 Å². The molecule has 0 spiro atoms. The molecule has 24 heavy (non-hydrogen) atoms. The number of nitrogens with one attached hydrogen (secondary N) is 1. The Morgan fingerprint density at radius 1 is 0.958 bits per heavy atom. The van der Waals surface area contributed by atoms with Gasteiger partial charge >= 0.3 is 0 Å². The Morgan fingerprint density at radius 2 is 1.62 bits per heavy atom. The minimum atomic E-state index is -0.128. The lowest BCUT2D eigenvalue weighted by molar-refractivity contribution is 0.0938. The van der Waals surface area contributed by atoms with E-state index in [4.69, 9.17) is 0 Å². The summed E-state index contributed by atoms with van der Waals surface area (Å²) in [6, 6.07) is 16.7. The summed E-state index contributed by atoms with van der Waals surface area (Å²) in [5, 5.41) is 3.06. The van der Waals surface area contributed by atoms with Gasteiger partial charge in [0, 0.05) is 29.9 Å². The fourth-order valence-corrected chi connectivity index (χ4v) is 3.09. The van der Waals surface area contributed by atoms with E-state index in [1.54, 1.807) is 36.2 Å². The first-order valence-electron chi connectivity index (χ1n) is 8.39. The second kappa shape index (κ2) is 7.30. The van der Waals surface area contributed by atoms with Crippen LogP contribution in [0.3, 0.4) is 0 Å². The number of amides is 2. The van der Waals surface area contributed by atoms with Crippen LogP contribution >= 0.6 is 0 Å². The average molecular weight is 322 g/mol. The smallest absolute Gasteiger partial charge is 0.258 e. The molecule has 0 unspecified atom stereocenters. The van der Waals surface area contributed by atoms with Crippen LogP contribution in [-0.4, -0.2) is 24.9 Å². The number of anilines is 1. The Hall–Kier alpha value is -2.62. The highest BCUT2D eigenvalue weighted by Gasteiger charge is 2.19. The average Bonchev–Trinajstić information content (AvgIpc) is 3.14. The summed E-state index contributed by atoms with van der Waals surface area (Å²) in [5.41, 5.74) is 1.87.